The van der Waals surface area contributed by atoms with Crippen molar-refractivity contribution < 1.29 is 9.59 Å². The number of aromatic nitrogens is 2. The summed E-state index contributed by atoms with van der Waals surface area (Å²) in [6.45, 7) is 1.89. The summed E-state index contributed by atoms with van der Waals surface area (Å²) in [5.41, 5.74) is 2.11. The van der Waals surface area contributed by atoms with E-state index in [0.29, 0.717) is 13.1 Å². The lowest BCUT2D eigenvalue weighted by Gasteiger charge is -2.20. The van der Waals surface area contributed by atoms with Crippen molar-refractivity contribution in [2.45, 2.75) is 12.5 Å². The standard InChI is InChI=1S/C19H25N5O2/c1-23(12-14-6-4-3-5-7-14)18(25)11-21-19(26)17-10-20-9-16(17)15-8-22-24(2)13-15/h3-8,13,16-17,20H,9-12H2,1-2H3,(H,21,26)/t16-,17+/m1/s1. The van der Waals surface area contributed by atoms with Gasteiger partial charge in [-0.15, -0.1) is 0 Å². The monoisotopic (exact) mass is 355 g/mol. The molecule has 1 aliphatic rings. The molecule has 1 fully saturated rings. The topological polar surface area (TPSA) is 79.3 Å². The zero-order chi connectivity index (χ0) is 18.5. The Balaban J connectivity index is 1.52. The van der Waals surface area contributed by atoms with Gasteiger partial charge in [-0.1, -0.05) is 30.3 Å². The highest BCUT2D eigenvalue weighted by atomic mass is 16.2. The Labute approximate surface area is 153 Å². The highest BCUT2D eigenvalue weighted by Crippen LogP contribution is 2.27. The first-order valence-corrected chi connectivity index (χ1v) is 8.79. The molecule has 0 saturated carbocycles. The number of benzene rings is 1. The second-order valence-corrected chi connectivity index (χ2v) is 6.77. The van der Waals surface area contributed by atoms with Gasteiger partial charge in [0.25, 0.3) is 0 Å². The Hall–Kier alpha value is -2.67. The van der Waals surface area contributed by atoms with Gasteiger partial charge in [0.15, 0.2) is 0 Å². The summed E-state index contributed by atoms with van der Waals surface area (Å²) in [6.07, 6.45) is 3.74. The highest BCUT2D eigenvalue weighted by molar-refractivity contribution is 5.86. The fraction of sp³-hybridized carbons (Fsp3) is 0.421. The minimum atomic E-state index is -0.188. The molecular formula is C19H25N5O2. The lowest BCUT2D eigenvalue weighted by Crippen LogP contribution is -2.41. The molecule has 1 aromatic carbocycles. The van der Waals surface area contributed by atoms with E-state index in [2.05, 4.69) is 15.7 Å². The minimum absolute atomic E-state index is 0.0123. The van der Waals surface area contributed by atoms with Gasteiger partial charge in [-0.3, -0.25) is 14.3 Å². The third-order valence-electron chi connectivity index (χ3n) is 4.81. The maximum absolute atomic E-state index is 12.6. The minimum Gasteiger partial charge on any atom is -0.347 e. The van der Waals surface area contributed by atoms with Gasteiger partial charge in [-0.25, -0.2) is 0 Å². The molecule has 0 radical (unpaired) electrons. The number of amides is 2. The van der Waals surface area contributed by atoms with Gasteiger partial charge in [0, 0.05) is 45.8 Å². The van der Waals surface area contributed by atoms with Gasteiger partial charge < -0.3 is 15.5 Å². The second-order valence-electron chi connectivity index (χ2n) is 6.77. The van der Waals surface area contributed by atoms with Crippen molar-refractivity contribution in [3.05, 3.63) is 53.9 Å². The van der Waals surface area contributed by atoms with Crippen molar-refractivity contribution >= 4 is 11.8 Å². The molecule has 0 unspecified atom stereocenters. The Morgan fingerprint density at radius 2 is 2.08 bits per heavy atom. The molecule has 2 N–H and O–H groups in total. The number of nitrogens with zero attached hydrogens (tertiary/aromatic N) is 3. The molecule has 0 spiro atoms. The predicted molar refractivity (Wildman–Crippen MR) is 98.2 cm³/mol. The lowest BCUT2D eigenvalue weighted by molar-refractivity contribution is -0.133. The third-order valence-corrected chi connectivity index (χ3v) is 4.81. The van der Waals surface area contributed by atoms with Crippen LogP contribution in [0.3, 0.4) is 0 Å². The van der Waals surface area contributed by atoms with Crippen LogP contribution in [-0.4, -0.2) is 53.2 Å². The van der Waals surface area contributed by atoms with Crippen molar-refractivity contribution in [2.24, 2.45) is 13.0 Å². The predicted octanol–water partition coefficient (Wildman–Crippen LogP) is 0.498. The number of nitrogens with one attached hydrogen (secondary N) is 2. The van der Waals surface area contributed by atoms with Crippen LogP contribution in [0.4, 0.5) is 0 Å². The summed E-state index contributed by atoms with van der Waals surface area (Å²) in [7, 11) is 3.61. The van der Waals surface area contributed by atoms with Gasteiger partial charge in [0.1, 0.15) is 0 Å². The van der Waals surface area contributed by atoms with E-state index in [-0.39, 0.29) is 30.2 Å². The second kappa shape index (κ2) is 8.14. The van der Waals surface area contributed by atoms with E-state index in [1.165, 1.54) is 0 Å². The van der Waals surface area contributed by atoms with Gasteiger partial charge >= 0.3 is 0 Å². The van der Waals surface area contributed by atoms with Crippen molar-refractivity contribution in [3.63, 3.8) is 0 Å². The summed E-state index contributed by atoms with van der Waals surface area (Å²) >= 11 is 0. The van der Waals surface area contributed by atoms with Gasteiger partial charge in [-0.05, 0) is 11.1 Å². The maximum Gasteiger partial charge on any atom is 0.242 e. The van der Waals surface area contributed by atoms with E-state index in [0.717, 1.165) is 17.7 Å². The van der Waals surface area contributed by atoms with Crippen LogP contribution in [0.2, 0.25) is 0 Å². The molecule has 1 aliphatic heterocycles. The summed E-state index contributed by atoms with van der Waals surface area (Å²) in [4.78, 5) is 26.5. The zero-order valence-corrected chi connectivity index (χ0v) is 15.2. The van der Waals surface area contributed by atoms with Gasteiger partial charge in [0.05, 0.1) is 18.7 Å². The molecule has 138 valence electrons. The average molecular weight is 355 g/mol. The lowest BCUT2D eigenvalue weighted by atomic mass is 9.90. The van der Waals surface area contributed by atoms with Crippen LogP contribution < -0.4 is 10.6 Å². The largest absolute Gasteiger partial charge is 0.347 e. The molecule has 2 heterocycles. The summed E-state index contributed by atoms with van der Waals surface area (Å²) < 4.78 is 1.74. The molecule has 2 aromatic rings. The number of carbonyl (C=O) groups is 2. The fourth-order valence-corrected chi connectivity index (χ4v) is 3.31. The van der Waals surface area contributed by atoms with E-state index in [1.54, 1.807) is 22.8 Å². The first-order valence-electron chi connectivity index (χ1n) is 8.79. The number of hydrogen-bond donors (Lipinski definition) is 2. The molecule has 3 rings (SSSR count). The number of rotatable bonds is 6. The maximum atomic E-state index is 12.6. The summed E-state index contributed by atoms with van der Waals surface area (Å²) in [5.74, 6) is -0.302. The molecule has 1 saturated heterocycles. The fourth-order valence-electron chi connectivity index (χ4n) is 3.31. The number of likely N-dealkylation sites (N-methyl/N-ethyl adjacent to an activating group) is 1. The van der Waals surface area contributed by atoms with Crippen LogP contribution in [-0.2, 0) is 23.2 Å². The third kappa shape index (κ3) is 4.29. The van der Waals surface area contributed by atoms with Crippen molar-refractivity contribution in [1.29, 1.82) is 0 Å². The van der Waals surface area contributed by atoms with E-state index < -0.39 is 0 Å². The van der Waals surface area contributed by atoms with Crippen LogP contribution in [0.15, 0.2) is 42.7 Å². The van der Waals surface area contributed by atoms with Crippen molar-refractivity contribution in [1.82, 2.24) is 25.3 Å². The Morgan fingerprint density at radius 3 is 2.77 bits per heavy atom. The van der Waals surface area contributed by atoms with Gasteiger partial charge in [0.2, 0.25) is 11.8 Å². The molecule has 7 nitrogen and oxygen atoms in total. The SMILES string of the molecule is CN(Cc1ccccc1)C(=O)CNC(=O)[C@H]1CNC[C@@H]1c1cnn(C)c1. The summed E-state index contributed by atoms with van der Waals surface area (Å²) in [5, 5.41) is 10.2. The van der Waals surface area contributed by atoms with E-state index >= 15 is 0 Å². The van der Waals surface area contributed by atoms with E-state index in [4.69, 9.17) is 0 Å². The number of aryl methyl sites for hydroxylation is 1. The Bertz CT molecular complexity index is 758. The molecule has 0 bridgehead atoms. The smallest absolute Gasteiger partial charge is 0.242 e. The zero-order valence-electron chi connectivity index (χ0n) is 15.2. The molecule has 26 heavy (non-hydrogen) atoms. The number of carbonyl (C=O) groups excluding carboxylic acids is 2. The van der Waals surface area contributed by atoms with Crippen molar-refractivity contribution in [3.8, 4) is 0 Å². The Kier molecular flexibility index (Phi) is 5.68. The number of hydrogen-bond acceptors (Lipinski definition) is 4. The normalized spacial score (nSPS) is 19.3. The molecular weight excluding hydrogens is 330 g/mol. The van der Waals surface area contributed by atoms with Crippen molar-refractivity contribution in [2.75, 3.05) is 26.7 Å². The van der Waals surface area contributed by atoms with Gasteiger partial charge in [-0.2, -0.15) is 5.10 Å². The molecule has 7 heteroatoms. The van der Waals surface area contributed by atoms with Crippen LogP contribution in [0.5, 0.6) is 0 Å². The highest BCUT2D eigenvalue weighted by Gasteiger charge is 2.34. The quantitative estimate of drug-likeness (QED) is 0.791. The van der Waals surface area contributed by atoms with Crippen LogP contribution in [0, 0.1) is 5.92 Å². The molecule has 0 aliphatic carbocycles. The average Bonchev–Trinajstić information content (AvgIpc) is 3.28. The van der Waals surface area contributed by atoms with Crippen LogP contribution in [0.1, 0.15) is 17.0 Å². The van der Waals surface area contributed by atoms with Crippen LogP contribution in [0.25, 0.3) is 0 Å². The Morgan fingerprint density at radius 1 is 1.31 bits per heavy atom. The van der Waals surface area contributed by atoms with E-state index in [1.807, 2.05) is 43.6 Å². The first kappa shape index (κ1) is 18.1. The molecule has 1 aromatic heterocycles. The first-order chi connectivity index (χ1) is 12.5. The molecule has 2 atom stereocenters. The summed E-state index contributed by atoms with van der Waals surface area (Å²) in [6, 6.07) is 9.79. The van der Waals surface area contributed by atoms with E-state index in [9.17, 15) is 9.59 Å². The van der Waals surface area contributed by atoms with Crippen LogP contribution >= 0.6 is 0 Å². The molecule has 2 amide bonds.